The molecule has 0 spiro atoms. The van der Waals surface area contributed by atoms with Crippen LogP contribution in [0.25, 0.3) is 0 Å². The minimum absolute atomic E-state index is 0.195. The average molecular weight is 237 g/mol. The molecule has 2 heterocycles. The Labute approximate surface area is 103 Å². The molecule has 1 N–H and O–H groups in total. The monoisotopic (exact) mass is 237 g/mol. The molecule has 4 heteroatoms. The van der Waals surface area contributed by atoms with E-state index in [2.05, 4.69) is 36.0 Å². The van der Waals surface area contributed by atoms with Crippen LogP contribution in [0.4, 0.5) is 0 Å². The van der Waals surface area contributed by atoms with E-state index in [9.17, 15) is 0 Å². The molecular weight excluding hydrogens is 214 g/mol. The molecule has 0 aliphatic carbocycles. The van der Waals surface area contributed by atoms with Gasteiger partial charge in [-0.2, -0.15) is 0 Å². The van der Waals surface area contributed by atoms with Crippen molar-refractivity contribution in [2.45, 2.75) is 52.2 Å². The largest absolute Gasteiger partial charge is 0.444 e. The van der Waals surface area contributed by atoms with E-state index in [4.69, 9.17) is 4.42 Å². The third-order valence-electron chi connectivity index (χ3n) is 3.45. The number of oxazole rings is 1. The quantitative estimate of drug-likeness (QED) is 0.871. The first-order valence-corrected chi connectivity index (χ1v) is 6.48. The van der Waals surface area contributed by atoms with Crippen LogP contribution in [0.1, 0.15) is 44.9 Å². The maximum absolute atomic E-state index is 5.54. The Balaban J connectivity index is 1.86. The fraction of sp³-hybridized carbons (Fsp3) is 0.769. The summed E-state index contributed by atoms with van der Waals surface area (Å²) >= 11 is 0. The zero-order valence-corrected chi connectivity index (χ0v) is 11.2. The first-order valence-electron chi connectivity index (χ1n) is 6.48. The summed E-state index contributed by atoms with van der Waals surface area (Å²) in [5, 5.41) is 3.60. The summed E-state index contributed by atoms with van der Waals surface area (Å²) in [7, 11) is 0. The molecule has 0 saturated carbocycles. The summed E-state index contributed by atoms with van der Waals surface area (Å²) in [5.74, 6) is 1.68. The van der Waals surface area contributed by atoms with Crippen LogP contribution in [0, 0.1) is 6.92 Å². The SMILES string of the molecule is Cc1cnc(C(C)NC2CCN(C(C)C)C2)o1. The maximum atomic E-state index is 5.54. The predicted octanol–water partition coefficient (Wildman–Crippen LogP) is 2.12. The highest BCUT2D eigenvalue weighted by atomic mass is 16.4. The Morgan fingerprint density at radius 2 is 2.24 bits per heavy atom. The van der Waals surface area contributed by atoms with Gasteiger partial charge in [-0.15, -0.1) is 0 Å². The number of hydrogen-bond donors (Lipinski definition) is 1. The van der Waals surface area contributed by atoms with Gasteiger partial charge in [-0.25, -0.2) is 4.98 Å². The molecule has 1 fully saturated rings. The van der Waals surface area contributed by atoms with Crippen LogP contribution in [-0.4, -0.2) is 35.1 Å². The lowest BCUT2D eigenvalue weighted by molar-refractivity contribution is 0.263. The van der Waals surface area contributed by atoms with E-state index in [0.29, 0.717) is 12.1 Å². The van der Waals surface area contributed by atoms with E-state index >= 15 is 0 Å². The summed E-state index contributed by atoms with van der Waals surface area (Å²) < 4.78 is 5.54. The lowest BCUT2D eigenvalue weighted by Gasteiger charge is -2.21. The second-order valence-electron chi connectivity index (χ2n) is 5.27. The van der Waals surface area contributed by atoms with Gasteiger partial charge in [0.1, 0.15) is 5.76 Å². The van der Waals surface area contributed by atoms with Crippen LogP contribution < -0.4 is 5.32 Å². The first kappa shape index (κ1) is 12.6. The number of nitrogens with one attached hydrogen (secondary N) is 1. The number of rotatable bonds is 4. The van der Waals surface area contributed by atoms with Crippen LogP contribution in [0.2, 0.25) is 0 Å². The molecule has 0 amide bonds. The van der Waals surface area contributed by atoms with Crippen molar-refractivity contribution in [1.82, 2.24) is 15.2 Å². The summed E-state index contributed by atoms with van der Waals surface area (Å²) in [5.41, 5.74) is 0. The van der Waals surface area contributed by atoms with Crippen molar-refractivity contribution in [2.75, 3.05) is 13.1 Å². The minimum atomic E-state index is 0.195. The molecule has 0 aromatic carbocycles. The molecule has 2 rings (SSSR count). The average Bonchev–Trinajstić information content (AvgIpc) is 2.86. The zero-order valence-electron chi connectivity index (χ0n) is 11.2. The lowest BCUT2D eigenvalue weighted by atomic mass is 10.2. The van der Waals surface area contributed by atoms with Gasteiger partial charge in [0.25, 0.3) is 0 Å². The Hall–Kier alpha value is -0.870. The highest BCUT2D eigenvalue weighted by Crippen LogP contribution is 2.17. The van der Waals surface area contributed by atoms with Crippen LogP contribution in [-0.2, 0) is 0 Å². The smallest absolute Gasteiger partial charge is 0.211 e. The molecule has 96 valence electrons. The molecule has 2 atom stereocenters. The number of hydrogen-bond acceptors (Lipinski definition) is 4. The molecule has 1 aliphatic rings. The highest BCUT2D eigenvalue weighted by Gasteiger charge is 2.26. The molecule has 0 bridgehead atoms. The van der Waals surface area contributed by atoms with Gasteiger partial charge in [0, 0.05) is 18.6 Å². The molecule has 0 radical (unpaired) electrons. The number of aryl methyl sites for hydroxylation is 1. The summed E-state index contributed by atoms with van der Waals surface area (Å²) in [6.07, 6.45) is 2.99. The maximum Gasteiger partial charge on any atom is 0.211 e. The van der Waals surface area contributed by atoms with Crippen molar-refractivity contribution >= 4 is 0 Å². The molecule has 4 nitrogen and oxygen atoms in total. The Kier molecular flexibility index (Phi) is 3.84. The zero-order chi connectivity index (χ0) is 12.4. The first-order chi connectivity index (χ1) is 8.06. The lowest BCUT2D eigenvalue weighted by Crippen LogP contribution is -2.36. The molecule has 1 aromatic rings. The van der Waals surface area contributed by atoms with Gasteiger partial charge in [-0.1, -0.05) is 0 Å². The highest BCUT2D eigenvalue weighted by molar-refractivity contribution is 4.96. The Morgan fingerprint density at radius 3 is 2.76 bits per heavy atom. The van der Waals surface area contributed by atoms with Crippen LogP contribution in [0.3, 0.4) is 0 Å². The molecular formula is C13H23N3O. The third kappa shape index (κ3) is 3.07. The summed E-state index contributed by atoms with van der Waals surface area (Å²) in [6.45, 7) is 10.9. The topological polar surface area (TPSA) is 41.3 Å². The van der Waals surface area contributed by atoms with Crippen molar-refractivity contribution < 1.29 is 4.42 Å². The van der Waals surface area contributed by atoms with Gasteiger partial charge in [0.15, 0.2) is 0 Å². The van der Waals surface area contributed by atoms with E-state index in [-0.39, 0.29) is 6.04 Å². The molecule has 17 heavy (non-hydrogen) atoms. The van der Waals surface area contributed by atoms with Gasteiger partial charge in [0.05, 0.1) is 12.2 Å². The van der Waals surface area contributed by atoms with Crippen molar-refractivity contribution in [2.24, 2.45) is 0 Å². The molecule has 1 aromatic heterocycles. The molecule has 2 unspecified atom stereocenters. The van der Waals surface area contributed by atoms with Crippen LogP contribution >= 0.6 is 0 Å². The number of nitrogens with zero attached hydrogens (tertiary/aromatic N) is 2. The van der Waals surface area contributed by atoms with Gasteiger partial charge in [-0.3, -0.25) is 4.90 Å². The fourth-order valence-corrected chi connectivity index (χ4v) is 2.39. The predicted molar refractivity (Wildman–Crippen MR) is 67.9 cm³/mol. The van der Waals surface area contributed by atoms with Crippen molar-refractivity contribution in [3.05, 3.63) is 17.8 Å². The van der Waals surface area contributed by atoms with Gasteiger partial charge in [-0.05, 0) is 40.7 Å². The molecule has 1 saturated heterocycles. The Bertz CT molecular complexity index is 361. The van der Waals surface area contributed by atoms with Crippen molar-refractivity contribution in [1.29, 1.82) is 0 Å². The standard InChI is InChI=1S/C13H23N3O/c1-9(2)16-6-5-12(8-16)15-11(4)13-14-7-10(3)17-13/h7,9,11-12,15H,5-6,8H2,1-4H3. The van der Waals surface area contributed by atoms with Gasteiger partial charge >= 0.3 is 0 Å². The Morgan fingerprint density at radius 1 is 1.47 bits per heavy atom. The minimum Gasteiger partial charge on any atom is -0.444 e. The van der Waals surface area contributed by atoms with E-state index in [0.717, 1.165) is 18.2 Å². The van der Waals surface area contributed by atoms with E-state index < -0.39 is 0 Å². The summed E-state index contributed by atoms with van der Waals surface area (Å²) in [4.78, 5) is 6.77. The van der Waals surface area contributed by atoms with E-state index in [1.165, 1.54) is 13.0 Å². The second kappa shape index (κ2) is 5.19. The van der Waals surface area contributed by atoms with Gasteiger partial charge < -0.3 is 9.73 Å². The normalized spacial score (nSPS) is 23.5. The van der Waals surface area contributed by atoms with E-state index in [1.54, 1.807) is 6.20 Å². The number of likely N-dealkylation sites (tertiary alicyclic amines) is 1. The van der Waals surface area contributed by atoms with Crippen LogP contribution in [0.5, 0.6) is 0 Å². The molecule has 1 aliphatic heterocycles. The van der Waals surface area contributed by atoms with Crippen LogP contribution in [0.15, 0.2) is 10.6 Å². The summed E-state index contributed by atoms with van der Waals surface area (Å²) in [6, 6.07) is 1.39. The fourth-order valence-electron chi connectivity index (χ4n) is 2.39. The van der Waals surface area contributed by atoms with E-state index in [1.807, 2.05) is 6.92 Å². The number of aromatic nitrogens is 1. The third-order valence-corrected chi connectivity index (χ3v) is 3.45. The van der Waals surface area contributed by atoms with Crippen molar-refractivity contribution in [3.63, 3.8) is 0 Å². The van der Waals surface area contributed by atoms with Gasteiger partial charge in [0.2, 0.25) is 5.89 Å². The van der Waals surface area contributed by atoms with Crippen molar-refractivity contribution in [3.8, 4) is 0 Å². The second-order valence-corrected chi connectivity index (χ2v) is 5.27.